The zero-order valence-corrected chi connectivity index (χ0v) is 37.9. The van der Waals surface area contributed by atoms with E-state index in [4.69, 9.17) is 0 Å². The van der Waals surface area contributed by atoms with Crippen molar-refractivity contribution < 1.29 is 0 Å². The van der Waals surface area contributed by atoms with Crippen molar-refractivity contribution in [3.05, 3.63) is 261 Å². The summed E-state index contributed by atoms with van der Waals surface area (Å²) in [7, 11) is 0. The van der Waals surface area contributed by atoms with Gasteiger partial charge in [-0.2, -0.15) is 0 Å². The third-order valence-electron chi connectivity index (χ3n) is 13.3. The van der Waals surface area contributed by atoms with Gasteiger partial charge in [0.2, 0.25) is 0 Å². The van der Waals surface area contributed by atoms with Crippen molar-refractivity contribution in [1.82, 2.24) is 0 Å². The largest absolute Gasteiger partial charge is 0.310 e. The molecule has 0 atom stereocenters. The highest BCUT2D eigenvalue weighted by Crippen LogP contribution is 2.47. The summed E-state index contributed by atoms with van der Waals surface area (Å²) in [5, 5.41) is 12.1. The summed E-state index contributed by atoms with van der Waals surface area (Å²) in [5.41, 5.74) is 9.77. The fraction of sp³-hybridized carbons (Fsp3) is 0. The Labute approximate surface area is 399 Å². The van der Waals surface area contributed by atoms with Crippen LogP contribution in [0.15, 0.2) is 261 Å². The Morgan fingerprint density at radius 3 is 1.18 bits per heavy atom. The summed E-state index contributed by atoms with van der Waals surface area (Å²) < 4.78 is 2.54. The molecule has 0 aliphatic rings. The van der Waals surface area contributed by atoms with E-state index in [2.05, 4.69) is 276 Å². The maximum absolute atomic E-state index is 2.44. The fourth-order valence-electron chi connectivity index (χ4n) is 10.2. The minimum absolute atomic E-state index is 1.05. The van der Waals surface area contributed by atoms with Crippen LogP contribution >= 0.6 is 11.3 Å². The lowest BCUT2D eigenvalue weighted by molar-refractivity contribution is 1.25. The van der Waals surface area contributed by atoms with Crippen LogP contribution in [0.1, 0.15) is 0 Å². The van der Waals surface area contributed by atoms with Crippen LogP contribution in [0.5, 0.6) is 0 Å². The standard InChI is InChI=1S/C64H43N3S/c1-2-20-48-40-53(37-36-44(48)16-1)66(60-32-11-21-45-17-3-6-28-55(45)60)51-26-14-24-49(41-51)65(54-38-39-59-58-31-9-10-35-63(58)68-64(59)43-54)50-25-15-27-52(42-50)67(61-33-12-22-46-18-4-7-29-56(46)61)62-34-13-23-47-19-5-8-30-57(47)62/h1-43H. The van der Waals surface area contributed by atoms with Gasteiger partial charge < -0.3 is 14.7 Å². The van der Waals surface area contributed by atoms with Gasteiger partial charge in [-0.1, -0.05) is 176 Å². The summed E-state index contributed by atoms with van der Waals surface area (Å²) in [5.74, 6) is 0. The third kappa shape index (κ3) is 6.90. The molecule has 0 aliphatic carbocycles. The molecule has 0 N–H and O–H groups in total. The minimum atomic E-state index is 1.05. The number of hydrogen-bond donors (Lipinski definition) is 0. The first-order valence-electron chi connectivity index (χ1n) is 23.2. The molecule has 12 aromatic carbocycles. The van der Waals surface area contributed by atoms with Crippen LogP contribution in [-0.2, 0) is 0 Å². The van der Waals surface area contributed by atoms with Crippen LogP contribution < -0.4 is 14.7 Å². The Hall–Kier alpha value is -8.70. The van der Waals surface area contributed by atoms with Gasteiger partial charge in [-0.15, -0.1) is 11.3 Å². The van der Waals surface area contributed by atoms with E-state index in [0.29, 0.717) is 0 Å². The van der Waals surface area contributed by atoms with Gasteiger partial charge in [0.15, 0.2) is 0 Å². The lowest BCUT2D eigenvalue weighted by Crippen LogP contribution is -2.15. The molecule has 0 aliphatic heterocycles. The van der Waals surface area contributed by atoms with E-state index in [9.17, 15) is 0 Å². The summed E-state index contributed by atoms with van der Waals surface area (Å²) in [6.07, 6.45) is 0. The first kappa shape index (κ1) is 39.6. The van der Waals surface area contributed by atoms with Gasteiger partial charge in [-0.05, 0) is 112 Å². The number of anilines is 9. The molecule has 0 saturated carbocycles. The number of benzene rings is 12. The zero-order valence-electron chi connectivity index (χ0n) is 37.1. The average molecular weight is 886 g/mol. The average Bonchev–Trinajstić information content (AvgIpc) is 3.77. The quantitative estimate of drug-likeness (QED) is 0.143. The highest BCUT2D eigenvalue weighted by atomic mass is 32.1. The summed E-state index contributed by atoms with van der Waals surface area (Å²) in [6, 6.07) is 95.2. The predicted octanol–water partition coefficient (Wildman–Crippen LogP) is 19.1. The van der Waals surface area contributed by atoms with Crippen molar-refractivity contribution in [3.63, 3.8) is 0 Å². The van der Waals surface area contributed by atoms with E-state index in [1.165, 1.54) is 63.3 Å². The van der Waals surface area contributed by atoms with Gasteiger partial charge in [0.25, 0.3) is 0 Å². The van der Waals surface area contributed by atoms with Gasteiger partial charge in [0, 0.05) is 70.5 Å². The van der Waals surface area contributed by atoms with Crippen molar-refractivity contribution in [3.8, 4) is 0 Å². The summed E-state index contributed by atoms with van der Waals surface area (Å²) >= 11 is 1.85. The zero-order chi connectivity index (χ0) is 45.0. The molecule has 0 amide bonds. The molecule has 3 nitrogen and oxygen atoms in total. The molecule has 13 rings (SSSR count). The van der Waals surface area contributed by atoms with Crippen LogP contribution in [0.4, 0.5) is 51.2 Å². The van der Waals surface area contributed by atoms with Crippen LogP contribution in [-0.4, -0.2) is 0 Å². The van der Waals surface area contributed by atoms with E-state index in [-0.39, 0.29) is 0 Å². The Balaban J connectivity index is 1.04. The Morgan fingerprint density at radius 2 is 0.588 bits per heavy atom. The molecule has 0 fully saturated rings. The van der Waals surface area contributed by atoms with Crippen LogP contribution in [0.25, 0.3) is 63.3 Å². The van der Waals surface area contributed by atoms with Gasteiger partial charge in [0.1, 0.15) is 0 Å². The molecule has 0 spiro atoms. The van der Waals surface area contributed by atoms with Crippen molar-refractivity contribution in [1.29, 1.82) is 0 Å². The molecule has 1 aromatic heterocycles. The fourth-order valence-corrected chi connectivity index (χ4v) is 11.3. The van der Waals surface area contributed by atoms with Crippen molar-refractivity contribution in [2.24, 2.45) is 0 Å². The number of hydrogen-bond acceptors (Lipinski definition) is 4. The van der Waals surface area contributed by atoms with E-state index in [1.54, 1.807) is 0 Å². The molecule has 0 saturated heterocycles. The van der Waals surface area contributed by atoms with Gasteiger partial charge in [-0.3, -0.25) is 0 Å². The van der Waals surface area contributed by atoms with Crippen molar-refractivity contribution in [2.45, 2.75) is 0 Å². The molecular weight excluding hydrogens is 843 g/mol. The second-order valence-corrected chi connectivity index (χ2v) is 18.4. The van der Waals surface area contributed by atoms with Crippen LogP contribution in [0, 0.1) is 0 Å². The minimum Gasteiger partial charge on any atom is -0.310 e. The molecule has 1 heterocycles. The molecule has 320 valence electrons. The highest BCUT2D eigenvalue weighted by Gasteiger charge is 2.23. The Bertz CT molecular complexity index is 3940. The second-order valence-electron chi connectivity index (χ2n) is 17.4. The Kier molecular flexibility index (Phi) is 9.69. The summed E-state index contributed by atoms with van der Waals surface area (Å²) in [4.78, 5) is 7.30. The lowest BCUT2D eigenvalue weighted by atomic mass is 10.0. The number of rotatable bonds is 9. The van der Waals surface area contributed by atoms with E-state index in [0.717, 1.165) is 51.2 Å². The molecule has 0 bridgehead atoms. The van der Waals surface area contributed by atoms with Crippen LogP contribution in [0.2, 0.25) is 0 Å². The normalized spacial score (nSPS) is 11.5. The van der Waals surface area contributed by atoms with E-state index < -0.39 is 0 Å². The van der Waals surface area contributed by atoms with Gasteiger partial charge in [0.05, 0.1) is 17.1 Å². The predicted molar refractivity (Wildman–Crippen MR) is 293 cm³/mol. The van der Waals surface area contributed by atoms with Crippen molar-refractivity contribution >= 4 is 126 Å². The first-order chi connectivity index (χ1) is 33.7. The number of thiophene rings is 1. The molecule has 0 radical (unpaired) electrons. The molecule has 4 heteroatoms. The first-order valence-corrected chi connectivity index (χ1v) is 24.0. The van der Waals surface area contributed by atoms with Crippen molar-refractivity contribution in [2.75, 3.05) is 14.7 Å². The maximum atomic E-state index is 2.44. The molecule has 68 heavy (non-hydrogen) atoms. The smallest absolute Gasteiger partial charge is 0.0540 e. The monoisotopic (exact) mass is 885 g/mol. The maximum Gasteiger partial charge on any atom is 0.0540 e. The number of nitrogens with zero attached hydrogens (tertiary/aromatic N) is 3. The second kappa shape index (κ2) is 16.6. The number of fused-ring (bicyclic) bond motifs is 7. The molecule has 0 unspecified atom stereocenters. The third-order valence-corrected chi connectivity index (χ3v) is 14.5. The Morgan fingerprint density at radius 1 is 0.206 bits per heavy atom. The van der Waals surface area contributed by atoms with Crippen LogP contribution in [0.3, 0.4) is 0 Å². The van der Waals surface area contributed by atoms with Gasteiger partial charge >= 0.3 is 0 Å². The summed E-state index contributed by atoms with van der Waals surface area (Å²) in [6.45, 7) is 0. The van der Waals surface area contributed by atoms with E-state index in [1.807, 2.05) is 11.3 Å². The molecular formula is C64H43N3S. The van der Waals surface area contributed by atoms with Gasteiger partial charge in [-0.25, -0.2) is 0 Å². The van der Waals surface area contributed by atoms with E-state index >= 15 is 0 Å². The highest BCUT2D eigenvalue weighted by molar-refractivity contribution is 7.25. The SMILES string of the molecule is c1cc(N(c2cccc(N(c3cccc4ccccc34)c3cccc4ccccc34)c2)c2ccc3c(c2)sc2ccccc23)cc(N(c2ccc3ccccc3c2)c2cccc3ccccc23)c1. The molecule has 13 aromatic rings. The topological polar surface area (TPSA) is 9.72 Å². The lowest BCUT2D eigenvalue weighted by Gasteiger charge is -2.32.